The molecule has 0 spiro atoms. The molecule has 1 atom stereocenters. The van der Waals surface area contributed by atoms with Crippen molar-refractivity contribution in [1.82, 2.24) is 5.32 Å². The van der Waals surface area contributed by atoms with Crippen LogP contribution in [0.25, 0.3) is 0 Å². The molecule has 0 saturated heterocycles. The number of sulfonamides is 1. The lowest BCUT2D eigenvalue weighted by Gasteiger charge is -2.31. The normalized spacial score (nSPS) is 17.1. The molecular formula is C14H19FN2O3S. The average molecular weight is 314 g/mol. The minimum Gasteiger partial charge on any atom is -0.349 e. The van der Waals surface area contributed by atoms with E-state index in [4.69, 9.17) is 5.14 Å². The Balaban J connectivity index is 2.28. The highest BCUT2D eigenvalue weighted by Crippen LogP contribution is 2.29. The molecule has 1 unspecified atom stereocenters. The Morgan fingerprint density at radius 1 is 1.43 bits per heavy atom. The Labute approximate surface area is 123 Å². The first kappa shape index (κ1) is 15.9. The molecule has 1 aliphatic carbocycles. The first-order chi connectivity index (χ1) is 9.70. The highest BCUT2D eigenvalue weighted by molar-refractivity contribution is 7.89. The molecule has 1 aliphatic rings. The fourth-order valence-corrected chi connectivity index (χ4v) is 3.27. The van der Waals surface area contributed by atoms with Crippen LogP contribution in [0.5, 0.6) is 0 Å². The van der Waals surface area contributed by atoms with Gasteiger partial charge >= 0.3 is 0 Å². The van der Waals surface area contributed by atoms with Crippen molar-refractivity contribution in [3.8, 4) is 0 Å². The van der Waals surface area contributed by atoms with Gasteiger partial charge in [0, 0.05) is 6.04 Å². The maximum Gasteiger partial charge on any atom is 0.254 e. The molecule has 0 bridgehead atoms. The van der Waals surface area contributed by atoms with Gasteiger partial charge < -0.3 is 5.32 Å². The summed E-state index contributed by atoms with van der Waals surface area (Å²) < 4.78 is 36.8. The molecule has 1 aromatic carbocycles. The van der Waals surface area contributed by atoms with Crippen LogP contribution in [0.15, 0.2) is 17.0 Å². The zero-order valence-corrected chi connectivity index (χ0v) is 12.8. The number of carbonyl (C=O) groups is 1. The molecule has 0 aromatic heterocycles. The number of aryl methyl sites for hydroxylation is 1. The molecule has 116 valence electrons. The number of halogens is 1. The van der Waals surface area contributed by atoms with E-state index in [0.717, 1.165) is 31.4 Å². The van der Waals surface area contributed by atoms with E-state index in [-0.39, 0.29) is 22.1 Å². The molecule has 5 nitrogen and oxygen atoms in total. The molecule has 7 heteroatoms. The molecular weight excluding hydrogens is 295 g/mol. The van der Waals surface area contributed by atoms with Crippen LogP contribution >= 0.6 is 0 Å². The smallest absolute Gasteiger partial charge is 0.254 e. The summed E-state index contributed by atoms with van der Waals surface area (Å²) >= 11 is 0. The number of hydrogen-bond donors (Lipinski definition) is 2. The summed E-state index contributed by atoms with van der Waals surface area (Å²) in [7, 11) is -3.99. The second-order valence-electron chi connectivity index (χ2n) is 5.60. The van der Waals surface area contributed by atoms with Gasteiger partial charge in [0.05, 0.1) is 10.5 Å². The second-order valence-corrected chi connectivity index (χ2v) is 7.13. The molecule has 1 aromatic rings. The first-order valence-electron chi connectivity index (χ1n) is 6.84. The summed E-state index contributed by atoms with van der Waals surface area (Å²) in [5, 5.41) is 7.80. The van der Waals surface area contributed by atoms with Gasteiger partial charge in [-0.25, -0.2) is 17.9 Å². The van der Waals surface area contributed by atoms with Crippen LogP contribution in [0.3, 0.4) is 0 Å². The van der Waals surface area contributed by atoms with Crippen molar-refractivity contribution < 1.29 is 17.6 Å². The minimum atomic E-state index is -3.99. The van der Waals surface area contributed by atoms with E-state index in [9.17, 15) is 17.6 Å². The van der Waals surface area contributed by atoms with Gasteiger partial charge in [0.2, 0.25) is 10.0 Å². The minimum absolute atomic E-state index is 0.0649. The maximum atomic E-state index is 13.9. The van der Waals surface area contributed by atoms with E-state index < -0.39 is 21.7 Å². The number of primary sulfonamides is 1. The summed E-state index contributed by atoms with van der Waals surface area (Å²) in [6.45, 7) is 3.30. The van der Waals surface area contributed by atoms with Crippen molar-refractivity contribution in [2.24, 2.45) is 11.1 Å². The fourth-order valence-electron chi connectivity index (χ4n) is 2.48. The third-order valence-electron chi connectivity index (χ3n) is 4.03. The highest BCUT2D eigenvalue weighted by atomic mass is 32.2. The van der Waals surface area contributed by atoms with E-state index in [2.05, 4.69) is 5.32 Å². The predicted octanol–water partition coefficient (Wildman–Crippen LogP) is 1.70. The predicted molar refractivity (Wildman–Crippen MR) is 76.8 cm³/mol. The number of rotatable bonds is 4. The molecule has 0 aliphatic heterocycles. The average Bonchev–Trinajstić information content (AvgIpc) is 2.23. The lowest BCUT2D eigenvalue weighted by molar-refractivity contribution is 0.0905. The lowest BCUT2D eigenvalue weighted by Crippen LogP contribution is -2.41. The quantitative estimate of drug-likeness (QED) is 0.886. The standard InChI is InChI=1S/C14H19FN2O3S/c1-8-6-12(15)11(7-13(8)21(16,19)20)14(18)17-9(2)10-4-3-5-10/h6-7,9-10H,3-5H2,1-2H3,(H,17,18)(H2,16,19,20). The summed E-state index contributed by atoms with van der Waals surface area (Å²) in [5.74, 6) is -0.963. The molecule has 1 amide bonds. The van der Waals surface area contributed by atoms with Crippen LogP contribution < -0.4 is 10.5 Å². The van der Waals surface area contributed by atoms with Crippen LogP contribution in [0, 0.1) is 18.7 Å². The second kappa shape index (κ2) is 5.73. The molecule has 0 radical (unpaired) electrons. The van der Waals surface area contributed by atoms with E-state index in [0.29, 0.717) is 5.92 Å². The van der Waals surface area contributed by atoms with Crippen LogP contribution in [0.2, 0.25) is 0 Å². The molecule has 1 fully saturated rings. The topological polar surface area (TPSA) is 89.3 Å². The Morgan fingerprint density at radius 2 is 2.05 bits per heavy atom. The number of amides is 1. The third-order valence-corrected chi connectivity index (χ3v) is 5.08. The van der Waals surface area contributed by atoms with Gasteiger partial charge in [0.15, 0.2) is 0 Å². The Morgan fingerprint density at radius 3 is 2.52 bits per heavy atom. The van der Waals surface area contributed by atoms with E-state index in [1.807, 2.05) is 6.92 Å². The molecule has 0 heterocycles. The molecule has 3 N–H and O–H groups in total. The van der Waals surface area contributed by atoms with Crippen molar-refractivity contribution in [3.63, 3.8) is 0 Å². The monoisotopic (exact) mass is 314 g/mol. The summed E-state index contributed by atoms with van der Waals surface area (Å²) in [6.07, 6.45) is 3.22. The summed E-state index contributed by atoms with van der Waals surface area (Å²) in [6, 6.07) is 1.95. The zero-order valence-electron chi connectivity index (χ0n) is 12.0. The van der Waals surface area contributed by atoms with E-state index in [1.165, 1.54) is 6.92 Å². The highest BCUT2D eigenvalue weighted by Gasteiger charge is 2.27. The number of nitrogens with one attached hydrogen (secondary N) is 1. The van der Waals surface area contributed by atoms with Crippen molar-refractivity contribution in [2.45, 2.75) is 44.0 Å². The lowest BCUT2D eigenvalue weighted by atomic mass is 9.80. The molecule has 2 rings (SSSR count). The van der Waals surface area contributed by atoms with Gasteiger partial charge in [-0.15, -0.1) is 0 Å². The van der Waals surface area contributed by atoms with Crippen molar-refractivity contribution in [1.29, 1.82) is 0 Å². The van der Waals surface area contributed by atoms with Crippen LogP contribution in [0.4, 0.5) is 4.39 Å². The zero-order chi connectivity index (χ0) is 15.8. The Hall–Kier alpha value is -1.47. The van der Waals surface area contributed by atoms with Gasteiger partial charge in [-0.05, 0) is 50.3 Å². The fraction of sp³-hybridized carbons (Fsp3) is 0.500. The summed E-state index contributed by atoms with van der Waals surface area (Å²) in [5.41, 5.74) is -0.116. The number of carbonyl (C=O) groups excluding carboxylic acids is 1. The van der Waals surface area contributed by atoms with Gasteiger partial charge in [-0.3, -0.25) is 4.79 Å². The molecule has 1 saturated carbocycles. The van der Waals surface area contributed by atoms with Gasteiger partial charge in [-0.2, -0.15) is 0 Å². The van der Waals surface area contributed by atoms with Crippen LogP contribution in [0.1, 0.15) is 42.1 Å². The third kappa shape index (κ3) is 3.41. The van der Waals surface area contributed by atoms with Gasteiger partial charge in [0.1, 0.15) is 5.82 Å². The van der Waals surface area contributed by atoms with E-state index >= 15 is 0 Å². The SMILES string of the molecule is Cc1cc(F)c(C(=O)NC(C)C2CCC2)cc1S(N)(=O)=O. The Kier molecular flexibility index (Phi) is 4.34. The number of nitrogens with two attached hydrogens (primary N) is 1. The Bertz CT molecular complexity index is 669. The number of benzene rings is 1. The van der Waals surface area contributed by atoms with Gasteiger partial charge in [-0.1, -0.05) is 6.42 Å². The van der Waals surface area contributed by atoms with Crippen molar-refractivity contribution in [3.05, 3.63) is 29.1 Å². The maximum absolute atomic E-state index is 13.9. The van der Waals surface area contributed by atoms with Gasteiger partial charge in [0.25, 0.3) is 5.91 Å². The molecule has 21 heavy (non-hydrogen) atoms. The van der Waals surface area contributed by atoms with Crippen LogP contribution in [-0.2, 0) is 10.0 Å². The first-order valence-corrected chi connectivity index (χ1v) is 8.38. The van der Waals surface area contributed by atoms with E-state index in [1.54, 1.807) is 0 Å². The van der Waals surface area contributed by atoms with Crippen molar-refractivity contribution >= 4 is 15.9 Å². The van der Waals surface area contributed by atoms with Crippen molar-refractivity contribution in [2.75, 3.05) is 0 Å². The largest absolute Gasteiger partial charge is 0.349 e. The van der Waals surface area contributed by atoms with Crippen LogP contribution in [-0.4, -0.2) is 20.4 Å². The number of hydrogen-bond acceptors (Lipinski definition) is 3. The summed E-state index contributed by atoms with van der Waals surface area (Å²) in [4.78, 5) is 11.9.